The molecular formula is C20H40IN5O2. The van der Waals surface area contributed by atoms with Gasteiger partial charge in [0, 0.05) is 39.3 Å². The summed E-state index contributed by atoms with van der Waals surface area (Å²) >= 11 is 0. The zero-order chi connectivity index (χ0) is 20.0. The summed E-state index contributed by atoms with van der Waals surface area (Å²) in [5.41, 5.74) is -0.469. The van der Waals surface area contributed by atoms with Crippen molar-refractivity contribution in [3.63, 3.8) is 0 Å². The largest absolute Gasteiger partial charge is 0.444 e. The van der Waals surface area contributed by atoms with Crippen molar-refractivity contribution in [3.8, 4) is 0 Å². The van der Waals surface area contributed by atoms with E-state index in [1.54, 1.807) is 0 Å². The van der Waals surface area contributed by atoms with E-state index in [1.807, 2.05) is 27.8 Å². The number of nitrogens with one attached hydrogen (secondary N) is 2. The molecule has 0 saturated carbocycles. The average Bonchev–Trinajstić information content (AvgIpc) is 3.15. The Kier molecular flexibility index (Phi) is 10.3. The fourth-order valence-electron chi connectivity index (χ4n) is 3.92. The Labute approximate surface area is 188 Å². The van der Waals surface area contributed by atoms with E-state index in [4.69, 9.17) is 4.74 Å². The zero-order valence-electron chi connectivity index (χ0n) is 18.5. The molecule has 7 nitrogen and oxygen atoms in total. The number of amides is 1. The Hall–Kier alpha value is -0.770. The molecule has 0 aromatic carbocycles. The van der Waals surface area contributed by atoms with Crippen LogP contribution in [0.3, 0.4) is 0 Å². The van der Waals surface area contributed by atoms with Crippen LogP contribution in [-0.4, -0.2) is 79.3 Å². The lowest BCUT2D eigenvalue weighted by Crippen LogP contribution is -2.47. The number of hydrogen-bond donors (Lipinski definition) is 2. The molecule has 2 fully saturated rings. The molecule has 28 heavy (non-hydrogen) atoms. The number of alkyl carbamates (subject to hydrolysis) is 1. The predicted molar refractivity (Wildman–Crippen MR) is 126 cm³/mol. The maximum Gasteiger partial charge on any atom is 0.407 e. The molecule has 0 bridgehead atoms. The predicted octanol–water partition coefficient (Wildman–Crippen LogP) is 2.90. The third-order valence-corrected chi connectivity index (χ3v) is 5.01. The first-order valence-electron chi connectivity index (χ1n) is 10.4. The summed E-state index contributed by atoms with van der Waals surface area (Å²) < 4.78 is 5.36. The molecule has 0 spiro atoms. The fraction of sp³-hybridized carbons (Fsp3) is 0.900. The van der Waals surface area contributed by atoms with Crippen LogP contribution in [0.15, 0.2) is 4.99 Å². The van der Waals surface area contributed by atoms with Crippen LogP contribution < -0.4 is 10.6 Å². The van der Waals surface area contributed by atoms with Gasteiger partial charge in [-0.25, -0.2) is 4.79 Å². The summed E-state index contributed by atoms with van der Waals surface area (Å²) in [4.78, 5) is 21.3. The topological polar surface area (TPSA) is 69.2 Å². The van der Waals surface area contributed by atoms with Crippen molar-refractivity contribution in [2.24, 2.45) is 10.9 Å². The van der Waals surface area contributed by atoms with Gasteiger partial charge in [-0.3, -0.25) is 9.89 Å². The molecule has 0 unspecified atom stereocenters. The molecule has 1 amide bonds. The highest BCUT2D eigenvalue weighted by molar-refractivity contribution is 14.0. The van der Waals surface area contributed by atoms with Gasteiger partial charge < -0.3 is 20.3 Å². The van der Waals surface area contributed by atoms with Crippen molar-refractivity contribution in [1.82, 2.24) is 20.4 Å². The van der Waals surface area contributed by atoms with Gasteiger partial charge in [-0.15, -0.1) is 24.0 Å². The molecule has 164 valence electrons. The Morgan fingerprint density at radius 2 is 1.96 bits per heavy atom. The van der Waals surface area contributed by atoms with Gasteiger partial charge in [0.2, 0.25) is 0 Å². The molecule has 0 aromatic rings. The number of nitrogens with zero attached hydrogens (tertiary/aromatic N) is 3. The quantitative estimate of drug-likeness (QED) is 0.339. The lowest BCUT2D eigenvalue weighted by atomic mass is 10.1. The molecule has 2 aliphatic heterocycles. The monoisotopic (exact) mass is 509 g/mol. The summed E-state index contributed by atoms with van der Waals surface area (Å²) in [6, 6.07) is 0.685. The van der Waals surface area contributed by atoms with Crippen molar-refractivity contribution < 1.29 is 9.53 Å². The fourth-order valence-corrected chi connectivity index (χ4v) is 3.92. The third-order valence-electron chi connectivity index (χ3n) is 5.01. The Balaban J connectivity index is 0.00000392. The molecule has 2 aliphatic rings. The van der Waals surface area contributed by atoms with E-state index in [-0.39, 0.29) is 36.1 Å². The third kappa shape index (κ3) is 8.31. The van der Waals surface area contributed by atoms with Gasteiger partial charge >= 0.3 is 6.09 Å². The number of rotatable bonds is 5. The maximum absolute atomic E-state index is 12.0. The molecule has 2 N–H and O–H groups in total. The van der Waals surface area contributed by atoms with Crippen LogP contribution in [0.2, 0.25) is 0 Å². The van der Waals surface area contributed by atoms with E-state index >= 15 is 0 Å². The lowest BCUT2D eigenvalue weighted by molar-refractivity contribution is 0.0507. The summed E-state index contributed by atoms with van der Waals surface area (Å²) in [7, 11) is 1.83. The number of halogens is 1. The van der Waals surface area contributed by atoms with Gasteiger partial charge in [0.15, 0.2) is 5.96 Å². The first-order valence-corrected chi connectivity index (χ1v) is 10.4. The lowest BCUT2D eigenvalue weighted by Gasteiger charge is -2.28. The standard InChI is InChI=1S/C20H39N5O2.HI/c1-15(2)13-24-10-7-8-17(24)12-22-18(21-6)25-11-9-16(14-25)23-19(26)27-20(3,4)5;/h15-17H,7-14H2,1-6H3,(H,21,22)(H,23,26);1H/t16-,17-;/m1./s1. The SMILES string of the molecule is CN=C(NC[C@H]1CCCN1CC(C)C)N1CC[C@@H](NC(=O)OC(C)(C)C)C1.I. The summed E-state index contributed by atoms with van der Waals surface area (Å²) in [5, 5.41) is 6.54. The minimum atomic E-state index is -0.469. The summed E-state index contributed by atoms with van der Waals surface area (Å²) in [5.74, 6) is 1.63. The van der Waals surface area contributed by atoms with Crippen LogP contribution in [-0.2, 0) is 4.74 Å². The normalized spacial score (nSPS) is 23.7. The van der Waals surface area contributed by atoms with Crippen molar-refractivity contribution in [3.05, 3.63) is 0 Å². The van der Waals surface area contributed by atoms with Gasteiger partial charge in [0.25, 0.3) is 0 Å². The second-order valence-corrected chi connectivity index (χ2v) is 9.19. The molecule has 0 aromatic heterocycles. The number of carbonyl (C=O) groups is 1. The van der Waals surface area contributed by atoms with Gasteiger partial charge in [-0.1, -0.05) is 13.8 Å². The van der Waals surface area contributed by atoms with Crippen LogP contribution in [0.4, 0.5) is 4.79 Å². The average molecular weight is 509 g/mol. The number of ether oxygens (including phenoxy) is 1. The van der Waals surface area contributed by atoms with E-state index in [1.165, 1.54) is 19.4 Å². The van der Waals surface area contributed by atoms with E-state index in [0.29, 0.717) is 12.0 Å². The molecule has 8 heteroatoms. The number of carbonyl (C=O) groups excluding carboxylic acids is 1. The maximum atomic E-state index is 12.0. The number of aliphatic imine (C=N–C) groups is 1. The van der Waals surface area contributed by atoms with Gasteiger partial charge in [-0.2, -0.15) is 0 Å². The second-order valence-electron chi connectivity index (χ2n) is 9.19. The molecule has 2 rings (SSSR count). The van der Waals surface area contributed by atoms with Crippen molar-refractivity contribution in [2.45, 2.75) is 71.6 Å². The second kappa shape index (κ2) is 11.4. The molecule has 2 atom stereocenters. The van der Waals surface area contributed by atoms with Gasteiger partial charge in [-0.05, 0) is 52.5 Å². The van der Waals surface area contributed by atoms with Crippen molar-refractivity contribution in [1.29, 1.82) is 0 Å². The summed E-state index contributed by atoms with van der Waals surface area (Å²) in [6.07, 6.45) is 3.10. The smallest absolute Gasteiger partial charge is 0.407 e. The van der Waals surface area contributed by atoms with Gasteiger partial charge in [0.05, 0.1) is 6.04 Å². The Morgan fingerprint density at radius 3 is 2.57 bits per heavy atom. The van der Waals surface area contributed by atoms with Crippen LogP contribution in [0, 0.1) is 5.92 Å². The summed E-state index contributed by atoms with van der Waals surface area (Å²) in [6.45, 7) is 15.2. The van der Waals surface area contributed by atoms with Crippen LogP contribution in [0.25, 0.3) is 0 Å². The number of hydrogen-bond acceptors (Lipinski definition) is 4. The van der Waals surface area contributed by atoms with Crippen molar-refractivity contribution >= 4 is 36.0 Å². The minimum absolute atomic E-state index is 0. The van der Waals surface area contributed by atoms with Crippen LogP contribution in [0.1, 0.15) is 53.9 Å². The zero-order valence-corrected chi connectivity index (χ0v) is 20.8. The molecule has 2 heterocycles. The minimum Gasteiger partial charge on any atom is -0.444 e. The van der Waals surface area contributed by atoms with Gasteiger partial charge in [0.1, 0.15) is 5.60 Å². The molecule has 0 aliphatic carbocycles. The first-order chi connectivity index (χ1) is 12.7. The van der Waals surface area contributed by atoms with E-state index < -0.39 is 5.60 Å². The van der Waals surface area contributed by atoms with Crippen LogP contribution in [0.5, 0.6) is 0 Å². The Morgan fingerprint density at radius 1 is 1.25 bits per heavy atom. The van der Waals surface area contributed by atoms with E-state index in [9.17, 15) is 4.79 Å². The number of guanidine groups is 1. The molecule has 2 saturated heterocycles. The van der Waals surface area contributed by atoms with Crippen LogP contribution >= 0.6 is 24.0 Å². The Bertz CT molecular complexity index is 521. The molecular weight excluding hydrogens is 469 g/mol. The highest BCUT2D eigenvalue weighted by Gasteiger charge is 2.29. The van der Waals surface area contributed by atoms with E-state index in [0.717, 1.165) is 38.6 Å². The first kappa shape index (κ1) is 25.3. The highest BCUT2D eigenvalue weighted by atomic mass is 127. The van der Waals surface area contributed by atoms with Crippen molar-refractivity contribution in [2.75, 3.05) is 39.8 Å². The molecule has 0 radical (unpaired) electrons. The highest BCUT2D eigenvalue weighted by Crippen LogP contribution is 2.18. The van der Waals surface area contributed by atoms with E-state index in [2.05, 4.69) is 39.3 Å². The number of likely N-dealkylation sites (tertiary alicyclic amines) is 2.